The number of hydrogen-bond acceptors (Lipinski definition) is 4. The Balaban J connectivity index is 1.60. The van der Waals surface area contributed by atoms with Crippen LogP contribution >= 0.6 is 0 Å². The van der Waals surface area contributed by atoms with Crippen molar-refractivity contribution in [3.8, 4) is 0 Å². The van der Waals surface area contributed by atoms with Gasteiger partial charge in [0, 0.05) is 25.6 Å². The molecule has 156 valence electrons. The summed E-state index contributed by atoms with van der Waals surface area (Å²) in [4.78, 5) is 7.46. The summed E-state index contributed by atoms with van der Waals surface area (Å²) in [5.41, 5.74) is 13.6. The first kappa shape index (κ1) is 19.2. The zero-order chi connectivity index (χ0) is 20.2. The topological polar surface area (TPSA) is 50.9 Å². The molecule has 1 aromatic carbocycles. The Kier molecular flexibility index (Phi) is 4.73. The van der Waals surface area contributed by atoms with Gasteiger partial charge in [0.25, 0.3) is 0 Å². The third-order valence-corrected chi connectivity index (χ3v) is 7.37. The molecule has 4 aliphatic rings. The standard InChI is InChI=1S/C25H35N3O/c1-16(2)15-28-23-21-12-18(7-6-17-4-5-17)8-9-19(21)14-25(27-24(28)26)11-10-20(29-3)13-22(23)25/h8-9,12,16-17,20H,4-7,10-11,13-15H2,1-3H3,(H2,26,27). The van der Waals surface area contributed by atoms with Gasteiger partial charge < -0.3 is 15.4 Å². The minimum atomic E-state index is -0.148. The van der Waals surface area contributed by atoms with E-state index < -0.39 is 0 Å². The van der Waals surface area contributed by atoms with Crippen molar-refractivity contribution < 1.29 is 4.74 Å². The van der Waals surface area contributed by atoms with Gasteiger partial charge in [0.05, 0.1) is 17.3 Å². The highest BCUT2D eigenvalue weighted by Crippen LogP contribution is 2.51. The molecule has 0 radical (unpaired) electrons. The molecule has 2 fully saturated rings. The normalized spacial score (nSPS) is 28.3. The fourth-order valence-corrected chi connectivity index (χ4v) is 5.61. The fourth-order valence-electron chi connectivity index (χ4n) is 5.61. The molecule has 4 nitrogen and oxygen atoms in total. The number of rotatable bonds is 6. The number of aryl methyl sites for hydroxylation is 1. The van der Waals surface area contributed by atoms with Crippen LogP contribution in [0.2, 0.25) is 0 Å². The molecular formula is C25H35N3O. The predicted octanol–water partition coefficient (Wildman–Crippen LogP) is 4.52. The van der Waals surface area contributed by atoms with Crippen LogP contribution in [0, 0.1) is 11.8 Å². The van der Waals surface area contributed by atoms with Crippen LogP contribution in [0.1, 0.15) is 69.1 Å². The molecule has 29 heavy (non-hydrogen) atoms. The van der Waals surface area contributed by atoms with Gasteiger partial charge in [-0.15, -0.1) is 0 Å². The molecule has 1 heterocycles. The lowest BCUT2D eigenvalue weighted by atomic mass is 9.66. The number of nitrogens with two attached hydrogens (primary N) is 1. The minimum absolute atomic E-state index is 0.148. The van der Waals surface area contributed by atoms with Gasteiger partial charge in [0.1, 0.15) is 0 Å². The molecule has 0 spiro atoms. The Morgan fingerprint density at radius 1 is 1.28 bits per heavy atom. The highest BCUT2D eigenvalue weighted by molar-refractivity contribution is 5.94. The lowest BCUT2D eigenvalue weighted by molar-refractivity contribution is 0.0703. The maximum Gasteiger partial charge on any atom is 0.196 e. The Morgan fingerprint density at radius 3 is 2.83 bits per heavy atom. The van der Waals surface area contributed by atoms with Gasteiger partial charge in [0.15, 0.2) is 5.96 Å². The van der Waals surface area contributed by atoms with Crippen molar-refractivity contribution in [3.63, 3.8) is 0 Å². The van der Waals surface area contributed by atoms with E-state index in [1.165, 1.54) is 53.6 Å². The summed E-state index contributed by atoms with van der Waals surface area (Å²) in [6.07, 6.45) is 9.72. The molecule has 5 rings (SSSR count). The van der Waals surface area contributed by atoms with Crippen LogP contribution in [0.4, 0.5) is 0 Å². The van der Waals surface area contributed by atoms with Gasteiger partial charge in [-0.05, 0) is 66.7 Å². The SMILES string of the molecule is COC1CCC23Cc4ccc(CCC5CC5)cc4C(=C2C1)N(CC(C)C)C(N)=N3. The Labute approximate surface area is 175 Å². The summed E-state index contributed by atoms with van der Waals surface area (Å²) in [6.45, 7) is 5.43. The second kappa shape index (κ2) is 7.16. The predicted molar refractivity (Wildman–Crippen MR) is 119 cm³/mol. The van der Waals surface area contributed by atoms with Gasteiger partial charge in [0.2, 0.25) is 0 Å². The molecule has 1 aromatic rings. The van der Waals surface area contributed by atoms with Crippen LogP contribution < -0.4 is 5.73 Å². The maximum absolute atomic E-state index is 6.60. The van der Waals surface area contributed by atoms with E-state index in [0.717, 1.165) is 38.1 Å². The number of ether oxygens (including phenoxy) is 1. The average Bonchev–Trinajstić information content (AvgIpc) is 3.52. The number of nitrogens with zero attached hydrogens (tertiary/aromatic N) is 2. The van der Waals surface area contributed by atoms with Crippen LogP contribution in [0.15, 0.2) is 28.8 Å². The van der Waals surface area contributed by atoms with Crippen LogP contribution in [0.25, 0.3) is 5.70 Å². The molecule has 2 N–H and O–H groups in total. The number of aliphatic imine (C=N–C) groups is 1. The first-order valence-electron chi connectivity index (χ1n) is 11.5. The Morgan fingerprint density at radius 2 is 2.10 bits per heavy atom. The first-order chi connectivity index (χ1) is 14.0. The van der Waals surface area contributed by atoms with E-state index in [-0.39, 0.29) is 5.54 Å². The second-order valence-electron chi connectivity index (χ2n) is 10.1. The number of hydrogen-bond donors (Lipinski definition) is 1. The summed E-state index contributed by atoms with van der Waals surface area (Å²) >= 11 is 0. The smallest absolute Gasteiger partial charge is 0.196 e. The molecule has 0 aromatic heterocycles. The van der Waals surface area contributed by atoms with E-state index in [1.807, 2.05) is 7.11 Å². The molecule has 4 heteroatoms. The molecule has 0 saturated heterocycles. The monoisotopic (exact) mass is 393 g/mol. The Bertz CT molecular complexity index is 867. The van der Waals surface area contributed by atoms with E-state index in [4.69, 9.17) is 15.5 Å². The quantitative estimate of drug-likeness (QED) is 0.773. The molecule has 1 aliphatic heterocycles. The number of guanidine groups is 1. The van der Waals surface area contributed by atoms with E-state index in [9.17, 15) is 0 Å². The van der Waals surface area contributed by atoms with Gasteiger partial charge in [-0.2, -0.15) is 0 Å². The second-order valence-corrected chi connectivity index (χ2v) is 10.1. The zero-order valence-electron chi connectivity index (χ0n) is 18.2. The zero-order valence-corrected chi connectivity index (χ0v) is 18.2. The van der Waals surface area contributed by atoms with Crippen LogP contribution in [0.3, 0.4) is 0 Å². The number of benzene rings is 1. The third kappa shape index (κ3) is 3.39. The highest BCUT2D eigenvalue weighted by atomic mass is 16.5. The molecule has 0 amide bonds. The van der Waals surface area contributed by atoms with Crippen LogP contribution in [0.5, 0.6) is 0 Å². The first-order valence-corrected chi connectivity index (χ1v) is 11.5. The van der Waals surface area contributed by atoms with Crippen molar-refractivity contribution in [1.82, 2.24) is 4.90 Å². The van der Waals surface area contributed by atoms with Crippen molar-refractivity contribution in [1.29, 1.82) is 0 Å². The van der Waals surface area contributed by atoms with E-state index in [0.29, 0.717) is 18.0 Å². The van der Waals surface area contributed by atoms with E-state index in [2.05, 4.69) is 36.9 Å². The van der Waals surface area contributed by atoms with Gasteiger partial charge >= 0.3 is 0 Å². The van der Waals surface area contributed by atoms with Gasteiger partial charge in [-0.3, -0.25) is 0 Å². The fraction of sp³-hybridized carbons (Fsp3) is 0.640. The molecule has 2 atom stereocenters. The number of fused-ring (bicyclic) bond motifs is 2. The van der Waals surface area contributed by atoms with E-state index >= 15 is 0 Å². The van der Waals surface area contributed by atoms with Crippen molar-refractivity contribution in [2.24, 2.45) is 22.6 Å². The molecule has 2 unspecified atom stereocenters. The van der Waals surface area contributed by atoms with Gasteiger partial charge in [-0.1, -0.05) is 38.8 Å². The highest BCUT2D eigenvalue weighted by Gasteiger charge is 2.49. The Hall–Kier alpha value is -1.81. The summed E-state index contributed by atoms with van der Waals surface area (Å²) in [6, 6.07) is 7.20. The van der Waals surface area contributed by atoms with Crippen molar-refractivity contribution in [2.75, 3.05) is 13.7 Å². The van der Waals surface area contributed by atoms with Crippen LogP contribution in [-0.2, 0) is 17.6 Å². The molecule has 3 aliphatic carbocycles. The summed E-state index contributed by atoms with van der Waals surface area (Å²) < 4.78 is 5.80. The van der Waals surface area contributed by atoms with Crippen molar-refractivity contribution in [3.05, 3.63) is 40.5 Å². The third-order valence-electron chi connectivity index (χ3n) is 7.37. The van der Waals surface area contributed by atoms with Crippen LogP contribution in [-0.4, -0.2) is 36.2 Å². The summed E-state index contributed by atoms with van der Waals surface area (Å²) in [7, 11) is 1.85. The molecule has 2 saturated carbocycles. The summed E-state index contributed by atoms with van der Waals surface area (Å²) in [5.74, 6) is 2.20. The van der Waals surface area contributed by atoms with Crippen molar-refractivity contribution in [2.45, 2.75) is 76.9 Å². The number of methoxy groups -OCH3 is 1. The minimum Gasteiger partial charge on any atom is -0.381 e. The van der Waals surface area contributed by atoms with E-state index in [1.54, 1.807) is 0 Å². The maximum atomic E-state index is 6.60. The van der Waals surface area contributed by atoms with Crippen molar-refractivity contribution >= 4 is 11.7 Å². The molecule has 2 bridgehead atoms. The average molecular weight is 394 g/mol. The lowest BCUT2D eigenvalue weighted by Gasteiger charge is -2.50. The largest absolute Gasteiger partial charge is 0.381 e. The molecular weight excluding hydrogens is 358 g/mol. The lowest BCUT2D eigenvalue weighted by Crippen LogP contribution is -2.53. The van der Waals surface area contributed by atoms with Gasteiger partial charge in [-0.25, -0.2) is 4.99 Å². The summed E-state index contributed by atoms with van der Waals surface area (Å²) in [5, 5.41) is 0.